The van der Waals surface area contributed by atoms with Gasteiger partial charge in [-0.15, -0.1) is 0 Å². The molecule has 0 bridgehead atoms. The van der Waals surface area contributed by atoms with Crippen LogP contribution in [0.3, 0.4) is 0 Å². The number of benzene rings is 4. The van der Waals surface area contributed by atoms with Gasteiger partial charge in [0.2, 0.25) is 5.91 Å². The van der Waals surface area contributed by atoms with E-state index in [0.29, 0.717) is 41.3 Å². The minimum Gasteiger partial charge on any atom is -0.497 e. The number of nitrogen functional groups attached to an aromatic ring is 1. The third-order valence-electron chi connectivity index (χ3n) is 8.20. The number of anilines is 4. The van der Waals surface area contributed by atoms with Gasteiger partial charge in [0.25, 0.3) is 0 Å². The van der Waals surface area contributed by atoms with Crippen molar-refractivity contribution in [3.8, 4) is 46.0 Å². The summed E-state index contributed by atoms with van der Waals surface area (Å²) in [5.74, 6) is 2.96. The molecular formula is C42H46N8O5. The lowest BCUT2D eigenvalue weighted by Crippen LogP contribution is -2.08. The van der Waals surface area contributed by atoms with Gasteiger partial charge in [-0.25, -0.2) is 0 Å². The molecule has 0 aliphatic rings. The molecule has 6 aromatic rings. The Morgan fingerprint density at radius 1 is 0.582 bits per heavy atom. The van der Waals surface area contributed by atoms with Gasteiger partial charge in [-0.1, -0.05) is 48.5 Å². The van der Waals surface area contributed by atoms with E-state index in [1.807, 2.05) is 97.1 Å². The monoisotopic (exact) mass is 742 g/mol. The lowest BCUT2D eigenvalue weighted by molar-refractivity contribution is -0.114. The zero-order chi connectivity index (χ0) is 39.0. The molecule has 0 aliphatic heterocycles. The van der Waals surface area contributed by atoms with Crippen LogP contribution in [0.4, 0.5) is 23.0 Å². The molecule has 2 aromatic heterocycles. The molecule has 1 amide bonds. The first-order chi connectivity index (χ1) is 26.7. The fraction of sp³-hybridized carbons (Fsp3) is 0.214. The molecule has 0 atom stereocenters. The van der Waals surface area contributed by atoms with Crippen LogP contribution < -0.4 is 40.6 Å². The maximum absolute atomic E-state index is 11.3. The number of nitrogens with zero attached hydrogens (tertiary/aromatic N) is 4. The first kappa shape index (κ1) is 39.3. The number of carbonyl (C=O) groups is 1. The molecule has 4 aromatic carbocycles. The van der Waals surface area contributed by atoms with Gasteiger partial charge in [0, 0.05) is 54.6 Å². The second-order valence-electron chi connectivity index (χ2n) is 12.2. The average Bonchev–Trinajstić information content (AvgIpc) is 3.21. The molecule has 55 heavy (non-hydrogen) atoms. The lowest BCUT2D eigenvalue weighted by Gasteiger charge is -2.11. The van der Waals surface area contributed by atoms with Crippen LogP contribution in [0.15, 0.2) is 109 Å². The Hall–Kier alpha value is -6.89. The molecule has 13 nitrogen and oxygen atoms in total. The number of hydrogen-bond acceptors (Lipinski definition) is 12. The van der Waals surface area contributed by atoms with Gasteiger partial charge in [0.05, 0.1) is 39.8 Å². The Balaban J connectivity index is 0.000000212. The second kappa shape index (κ2) is 19.8. The Labute approximate surface area is 321 Å². The van der Waals surface area contributed by atoms with Crippen LogP contribution >= 0.6 is 0 Å². The van der Waals surface area contributed by atoms with Crippen molar-refractivity contribution in [3.05, 3.63) is 120 Å². The molecule has 2 heterocycles. The number of rotatable bonds is 15. The van der Waals surface area contributed by atoms with Crippen LogP contribution in [-0.4, -0.2) is 67.4 Å². The fourth-order valence-electron chi connectivity index (χ4n) is 5.42. The topological polar surface area (TPSA) is 168 Å². The predicted molar refractivity (Wildman–Crippen MR) is 217 cm³/mol. The molecule has 6 rings (SSSR count). The third kappa shape index (κ3) is 12.1. The van der Waals surface area contributed by atoms with E-state index in [2.05, 4.69) is 48.0 Å². The number of methoxy groups -OCH3 is 4. The quantitative estimate of drug-likeness (QED) is 0.0785. The molecule has 13 heteroatoms. The van der Waals surface area contributed by atoms with E-state index in [-0.39, 0.29) is 11.9 Å². The fourth-order valence-corrected chi connectivity index (χ4v) is 5.42. The summed E-state index contributed by atoms with van der Waals surface area (Å²) in [4.78, 5) is 28.9. The molecule has 0 fully saturated rings. The van der Waals surface area contributed by atoms with Crippen molar-refractivity contribution in [2.75, 3.05) is 63.2 Å². The highest BCUT2D eigenvalue weighted by molar-refractivity contribution is 5.89. The van der Waals surface area contributed by atoms with E-state index >= 15 is 0 Å². The number of nitrogens with two attached hydrogens (primary N) is 1. The van der Waals surface area contributed by atoms with E-state index < -0.39 is 0 Å². The van der Waals surface area contributed by atoms with Gasteiger partial charge in [-0.05, 0) is 72.5 Å². The summed E-state index contributed by atoms with van der Waals surface area (Å²) in [6, 6.07) is 35.4. The van der Waals surface area contributed by atoms with Crippen LogP contribution in [0.25, 0.3) is 22.5 Å². The van der Waals surface area contributed by atoms with E-state index in [1.165, 1.54) is 25.2 Å². The average molecular weight is 743 g/mol. The lowest BCUT2D eigenvalue weighted by atomic mass is 10.1. The zero-order valence-corrected chi connectivity index (χ0v) is 31.6. The molecule has 0 radical (unpaired) electrons. The van der Waals surface area contributed by atoms with Crippen LogP contribution in [0, 0.1) is 0 Å². The predicted octanol–water partition coefficient (Wildman–Crippen LogP) is 7.17. The number of aromatic nitrogens is 4. The first-order valence-electron chi connectivity index (χ1n) is 17.6. The van der Waals surface area contributed by atoms with Crippen molar-refractivity contribution in [2.45, 2.75) is 19.8 Å². The molecule has 0 spiro atoms. The van der Waals surface area contributed by atoms with Gasteiger partial charge in [0.15, 0.2) is 0 Å². The Morgan fingerprint density at radius 3 is 1.49 bits per heavy atom. The van der Waals surface area contributed by atoms with Crippen LogP contribution in [0.2, 0.25) is 0 Å². The van der Waals surface area contributed by atoms with Gasteiger partial charge >= 0.3 is 12.0 Å². The van der Waals surface area contributed by atoms with Crippen molar-refractivity contribution < 1.29 is 23.7 Å². The third-order valence-corrected chi connectivity index (χ3v) is 8.20. The smallest absolute Gasteiger partial charge is 0.318 e. The molecule has 5 N–H and O–H groups in total. The zero-order valence-electron chi connectivity index (χ0n) is 31.6. The molecule has 0 saturated heterocycles. The summed E-state index contributed by atoms with van der Waals surface area (Å²) in [5.41, 5.74) is 12.9. The van der Waals surface area contributed by atoms with Crippen molar-refractivity contribution in [1.29, 1.82) is 0 Å². The van der Waals surface area contributed by atoms with E-state index in [1.54, 1.807) is 21.3 Å². The molecule has 0 unspecified atom stereocenters. The minimum absolute atomic E-state index is 0.122. The number of ether oxygens (including phenoxy) is 4. The largest absolute Gasteiger partial charge is 0.497 e. The minimum atomic E-state index is -0.122. The molecule has 284 valence electrons. The summed E-state index contributed by atoms with van der Waals surface area (Å²) in [7, 11) is 6.41. The SMILES string of the molecule is COc1ccc(CCNc2cc(-c3cccc(N)c3)nc(OC)n2)cc1.COc1ccc(CCNc2cc(-c3cccc(NC(C)=O)c3)nc(OC)n2)cc1. The first-order valence-corrected chi connectivity index (χ1v) is 17.6. The van der Waals surface area contributed by atoms with Gasteiger partial charge in [-0.3, -0.25) is 4.79 Å². The summed E-state index contributed by atoms with van der Waals surface area (Å²) < 4.78 is 20.8. The maximum Gasteiger partial charge on any atom is 0.318 e. The number of nitrogens with one attached hydrogen (secondary N) is 3. The normalized spacial score (nSPS) is 10.3. The molecular weight excluding hydrogens is 697 g/mol. The van der Waals surface area contributed by atoms with Crippen molar-refractivity contribution >= 4 is 28.9 Å². The number of hydrogen-bond donors (Lipinski definition) is 4. The van der Waals surface area contributed by atoms with Gasteiger partial charge in [0.1, 0.15) is 23.1 Å². The Bertz CT molecular complexity index is 2150. The van der Waals surface area contributed by atoms with Crippen molar-refractivity contribution in [2.24, 2.45) is 0 Å². The maximum atomic E-state index is 11.3. The standard InChI is InChI=1S/C22H24N4O3.C20H22N4O2/c1-15(27)24-18-6-4-5-17(13-18)20-14-21(26-22(25-20)29-3)23-12-11-16-7-9-19(28-2)10-8-16;1-25-17-8-6-14(7-9-17)10-11-22-19-13-18(23-20(24-19)26-2)15-4-3-5-16(21)12-15/h4-10,13-14H,11-12H2,1-3H3,(H,24,27)(H,23,25,26);3-9,12-13H,10-11,21H2,1-2H3,(H,22,23,24). The summed E-state index contributed by atoms with van der Waals surface area (Å²) in [6.45, 7) is 2.92. The Kier molecular flexibility index (Phi) is 14.2. The van der Waals surface area contributed by atoms with Crippen molar-refractivity contribution in [1.82, 2.24) is 19.9 Å². The van der Waals surface area contributed by atoms with Crippen LogP contribution in [0.5, 0.6) is 23.5 Å². The highest BCUT2D eigenvalue weighted by atomic mass is 16.5. The van der Waals surface area contributed by atoms with Crippen LogP contribution in [0.1, 0.15) is 18.1 Å². The van der Waals surface area contributed by atoms with E-state index in [9.17, 15) is 4.79 Å². The van der Waals surface area contributed by atoms with Gasteiger partial charge in [-0.2, -0.15) is 19.9 Å². The molecule has 0 aliphatic carbocycles. The summed E-state index contributed by atoms with van der Waals surface area (Å²) in [5, 5.41) is 9.43. The Morgan fingerprint density at radius 2 is 1.05 bits per heavy atom. The second-order valence-corrected chi connectivity index (χ2v) is 12.2. The summed E-state index contributed by atoms with van der Waals surface area (Å²) in [6.07, 6.45) is 1.70. The van der Waals surface area contributed by atoms with E-state index in [0.717, 1.165) is 47.7 Å². The highest BCUT2D eigenvalue weighted by Gasteiger charge is 2.10. The number of carbonyl (C=O) groups excluding carboxylic acids is 1. The van der Waals surface area contributed by atoms with E-state index in [4.69, 9.17) is 24.7 Å². The van der Waals surface area contributed by atoms with Crippen LogP contribution in [-0.2, 0) is 17.6 Å². The highest BCUT2D eigenvalue weighted by Crippen LogP contribution is 2.26. The number of amides is 1. The van der Waals surface area contributed by atoms with Crippen molar-refractivity contribution in [3.63, 3.8) is 0 Å². The van der Waals surface area contributed by atoms with Gasteiger partial charge < -0.3 is 40.6 Å². The summed E-state index contributed by atoms with van der Waals surface area (Å²) >= 11 is 0. The molecule has 0 saturated carbocycles.